The normalized spacial score (nSPS) is 10.9. The maximum absolute atomic E-state index is 2.31. The molecule has 1 aromatic rings. The molecule has 0 saturated carbocycles. The standard InChI is InChI=1S/C12H17.ClH.Mg/c1-5-10-6-8-11(9-7-10)12(2,3)4;;/h6-9H,2,5H2,1,3-4H3;1H;/q;;+1/p-1. The van der Waals surface area contributed by atoms with Crippen molar-refractivity contribution in [1.29, 1.82) is 0 Å². The van der Waals surface area contributed by atoms with Gasteiger partial charge in [0.2, 0.25) is 0 Å². The minimum atomic E-state index is 0. The molecule has 0 bridgehead atoms. The van der Waals surface area contributed by atoms with Gasteiger partial charge in [-0.3, -0.25) is 0 Å². The van der Waals surface area contributed by atoms with Gasteiger partial charge in [-0.05, 0) is 0 Å². The molecule has 0 spiro atoms. The van der Waals surface area contributed by atoms with E-state index in [0.29, 0.717) is 5.41 Å². The molecule has 0 amide bonds. The fraction of sp³-hybridized carbons (Fsp3) is 0.500. The second-order valence-corrected chi connectivity index (χ2v) is 4.68. The monoisotopic (exact) mass is 220 g/mol. The van der Waals surface area contributed by atoms with E-state index in [2.05, 4.69) is 66.7 Å². The molecule has 0 atom stereocenters. The average molecular weight is 221 g/mol. The third kappa shape index (κ3) is 3.45. The van der Waals surface area contributed by atoms with Gasteiger partial charge in [-0.15, -0.1) is 0 Å². The van der Waals surface area contributed by atoms with Crippen molar-refractivity contribution in [2.45, 2.75) is 37.2 Å². The van der Waals surface area contributed by atoms with E-state index in [9.17, 15) is 0 Å². The van der Waals surface area contributed by atoms with Crippen molar-refractivity contribution < 1.29 is 12.4 Å². The van der Waals surface area contributed by atoms with Crippen LogP contribution in [0.1, 0.15) is 31.9 Å². The quantitative estimate of drug-likeness (QED) is 0.636. The van der Waals surface area contributed by atoms with E-state index >= 15 is 0 Å². The summed E-state index contributed by atoms with van der Waals surface area (Å²) in [6.07, 6.45) is 1.13. The summed E-state index contributed by atoms with van der Waals surface area (Å²) in [5, 5.41) is 0. The van der Waals surface area contributed by atoms with Gasteiger partial charge in [-0.1, -0.05) is 0 Å². The minimum absolute atomic E-state index is 0. The van der Waals surface area contributed by atoms with Crippen molar-refractivity contribution in [2.75, 3.05) is 0 Å². The first kappa shape index (κ1) is 14.3. The van der Waals surface area contributed by atoms with E-state index in [4.69, 9.17) is 0 Å². The molecular weight excluding hydrogens is 204 g/mol. The molecule has 0 radical (unpaired) electrons. The summed E-state index contributed by atoms with van der Waals surface area (Å²) < 4.78 is 1.22. The Morgan fingerprint density at radius 1 is 1.14 bits per heavy atom. The molecule has 14 heavy (non-hydrogen) atoms. The molecule has 0 fully saturated rings. The Kier molecular flexibility index (Phi) is 6.11. The van der Waals surface area contributed by atoms with Crippen LogP contribution >= 0.6 is 0 Å². The van der Waals surface area contributed by atoms with Crippen molar-refractivity contribution in [3.63, 3.8) is 0 Å². The fourth-order valence-corrected chi connectivity index (χ4v) is 1.62. The maximum atomic E-state index is 2.31. The van der Waals surface area contributed by atoms with Crippen molar-refractivity contribution in [3.05, 3.63) is 35.4 Å². The number of rotatable bonds is 3. The molecule has 0 N–H and O–H groups in total. The molecule has 0 aliphatic carbocycles. The van der Waals surface area contributed by atoms with Gasteiger partial charge in [0.25, 0.3) is 0 Å². The molecule has 0 aromatic heterocycles. The molecule has 0 aliphatic heterocycles. The molecule has 0 heterocycles. The van der Waals surface area contributed by atoms with E-state index in [1.807, 2.05) is 0 Å². The molecule has 1 rings (SSSR count). The van der Waals surface area contributed by atoms with E-state index in [0.717, 1.165) is 6.42 Å². The van der Waals surface area contributed by atoms with Gasteiger partial charge in [0.15, 0.2) is 0 Å². The number of hydrogen-bond donors (Lipinski definition) is 0. The summed E-state index contributed by atoms with van der Waals surface area (Å²) in [5.41, 5.74) is 3.22. The summed E-state index contributed by atoms with van der Waals surface area (Å²) in [5.74, 6) is 0. The SMILES string of the molecule is CCc1ccc(C(C)(C)[CH2][Mg+])cc1.[Cl-]. The predicted molar refractivity (Wildman–Crippen MR) is 59.4 cm³/mol. The fourth-order valence-electron chi connectivity index (χ4n) is 1.34. The Bertz CT molecular complexity index is 264. The van der Waals surface area contributed by atoms with E-state index in [1.54, 1.807) is 0 Å². The Balaban J connectivity index is 0.00000169. The average Bonchev–Trinajstić information content (AvgIpc) is 2.18. The smallest absolute Gasteiger partial charge is 1.00 e. The van der Waals surface area contributed by atoms with Crippen molar-refractivity contribution >= 4 is 21.7 Å². The van der Waals surface area contributed by atoms with Gasteiger partial charge in [0.05, 0.1) is 0 Å². The van der Waals surface area contributed by atoms with E-state index in [-0.39, 0.29) is 12.4 Å². The van der Waals surface area contributed by atoms with Crippen LogP contribution in [0.2, 0.25) is 4.55 Å². The van der Waals surface area contributed by atoms with Gasteiger partial charge >= 0.3 is 94.3 Å². The zero-order valence-electron chi connectivity index (χ0n) is 9.31. The van der Waals surface area contributed by atoms with Gasteiger partial charge in [-0.2, -0.15) is 0 Å². The van der Waals surface area contributed by atoms with Crippen LogP contribution in [0.4, 0.5) is 0 Å². The summed E-state index contributed by atoms with van der Waals surface area (Å²) in [6.45, 7) is 6.81. The Morgan fingerprint density at radius 2 is 1.64 bits per heavy atom. The van der Waals surface area contributed by atoms with Crippen LogP contribution in [-0.4, -0.2) is 21.7 Å². The third-order valence-corrected chi connectivity index (χ3v) is 4.02. The van der Waals surface area contributed by atoms with Crippen molar-refractivity contribution in [2.24, 2.45) is 0 Å². The molecular formula is C12H17ClMg. The second kappa shape index (κ2) is 5.99. The predicted octanol–water partition coefficient (Wildman–Crippen LogP) is 0.117. The topological polar surface area (TPSA) is 0 Å². The van der Waals surface area contributed by atoms with Gasteiger partial charge in [0, 0.05) is 0 Å². The van der Waals surface area contributed by atoms with Gasteiger partial charge in [0.1, 0.15) is 0 Å². The number of aryl methyl sites for hydroxylation is 1. The van der Waals surface area contributed by atoms with Gasteiger partial charge < -0.3 is 12.4 Å². The molecule has 74 valence electrons. The summed E-state index contributed by atoms with van der Waals surface area (Å²) >= 11 is 2.05. The molecule has 2 heteroatoms. The summed E-state index contributed by atoms with van der Waals surface area (Å²) in [4.78, 5) is 0. The Hall–Kier alpha value is 0.276. The number of benzene rings is 1. The number of halogens is 1. The van der Waals surface area contributed by atoms with Crippen molar-refractivity contribution in [1.82, 2.24) is 0 Å². The van der Waals surface area contributed by atoms with Crippen LogP contribution in [-0.2, 0) is 11.8 Å². The van der Waals surface area contributed by atoms with E-state index in [1.165, 1.54) is 15.7 Å². The molecule has 0 saturated heterocycles. The zero-order valence-corrected chi connectivity index (χ0v) is 11.5. The molecule has 0 nitrogen and oxygen atoms in total. The first-order valence-corrected chi connectivity index (χ1v) is 5.99. The van der Waals surface area contributed by atoms with Crippen molar-refractivity contribution in [3.8, 4) is 0 Å². The van der Waals surface area contributed by atoms with Gasteiger partial charge in [-0.25, -0.2) is 0 Å². The van der Waals surface area contributed by atoms with Crippen LogP contribution < -0.4 is 12.4 Å². The second-order valence-electron chi connectivity index (χ2n) is 4.18. The van der Waals surface area contributed by atoms with Crippen LogP contribution in [0.25, 0.3) is 0 Å². The first-order chi connectivity index (χ1) is 6.10. The minimum Gasteiger partial charge on any atom is -1.00 e. The van der Waals surface area contributed by atoms with Crippen LogP contribution in [0.15, 0.2) is 24.3 Å². The maximum Gasteiger partial charge on any atom is -1.00 e. The summed E-state index contributed by atoms with van der Waals surface area (Å²) in [6, 6.07) is 9.03. The Labute approximate surface area is 106 Å². The zero-order chi connectivity index (χ0) is 9.90. The molecule has 0 aliphatic rings. The molecule has 0 unspecified atom stereocenters. The number of hydrogen-bond acceptors (Lipinski definition) is 0. The largest absolute Gasteiger partial charge is 1.00 e. The van der Waals surface area contributed by atoms with Crippen LogP contribution in [0.3, 0.4) is 0 Å². The third-order valence-electron chi connectivity index (χ3n) is 2.77. The van der Waals surface area contributed by atoms with E-state index < -0.39 is 0 Å². The first-order valence-electron chi connectivity index (χ1n) is 4.99. The Morgan fingerprint density at radius 3 is 2.00 bits per heavy atom. The molecule has 1 aromatic carbocycles. The summed E-state index contributed by atoms with van der Waals surface area (Å²) in [7, 11) is 0. The van der Waals surface area contributed by atoms with Crippen LogP contribution in [0.5, 0.6) is 0 Å². The van der Waals surface area contributed by atoms with Crippen LogP contribution in [0, 0.1) is 0 Å².